The van der Waals surface area contributed by atoms with Crippen molar-refractivity contribution in [3.63, 3.8) is 0 Å². The maximum Gasteiger partial charge on any atom is 0.251 e. The van der Waals surface area contributed by atoms with E-state index in [9.17, 15) is 9.59 Å². The minimum Gasteiger partial charge on any atom is -0.369 e. The van der Waals surface area contributed by atoms with Crippen LogP contribution in [0.25, 0.3) is 0 Å². The molecule has 0 aliphatic carbocycles. The molecule has 0 aromatic heterocycles. The largest absolute Gasteiger partial charge is 0.369 e. The van der Waals surface area contributed by atoms with Crippen LogP contribution in [0.3, 0.4) is 0 Å². The van der Waals surface area contributed by atoms with Gasteiger partial charge in [-0.1, -0.05) is 13.3 Å². The van der Waals surface area contributed by atoms with E-state index in [4.69, 9.17) is 4.74 Å². The standard InChI is InChI=1S/C16H29N3O3/c1-3-4-10-22-13(2)16(21)18-8-5-6-14(12-18)19-9-7-17-11-15(19)20/h13-14,17H,3-12H2,1-2H3. The molecule has 2 atom stereocenters. The smallest absolute Gasteiger partial charge is 0.251 e. The fourth-order valence-electron chi connectivity index (χ4n) is 3.15. The molecule has 0 bridgehead atoms. The van der Waals surface area contributed by atoms with Crippen LogP contribution in [0.4, 0.5) is 0 Å². The summed E-state index contributed by atoms with van der Waals surface area (Å²) in [5.41, 5.74) is 0. The summed E-state index contributed by atoms with van der Waals surface area (Å²) in [4.78, 5) is 28.3. The molecule has 0 spiro atoms. The van der Waals surface area contributed by atoms with E-state index in [0.717, 1.165) is 45.3 Å². The summed E-state index contributed by atoms with van der Waals surface area (Å²) in [6, 6.07) is 0.162. The average molecular weight is 311 g/mol. The molecule has 0 aromatic rings. The van der Waals surface area contributed by atoms with Crippen LogP contribution in [0.2, 0.25) is 0 Å². The van der Waals surface area contributed by atoms with Crippen LogP contribution in [0, 0.1) is 0 Å². The van der Waals surface area contributed by atoms with Gasteiger partial charge in [0.2, 0.25) is 5.91 Å². The molecule has 2 rings (SSSR count). The number of ether oxygens (including phenoxy) is 1. The van der Waals surface area contributed by atoms with Crippen LogP contribution in [0.5, 0.6) is 0 Å². The third kappa shape index (κ3) is 4.43. The predicted octanol–water partition coefficient (Wildman–Crippen LogP) is 0.614. The average Bonchev–Trinajstić information content (AvgIpc) is 2.55. The molecule has 0 aromatic carbocycles. The lowest BCUT2D eigenvalue weighted by molar-refractivity contribution is -0.147. The summed E-state index contributed by atoms with van der Waals surface area (Å²) in [6.07, 6.45) is 3.60. The lowest BCUT2D eigenvalue weighted by atomic mass is 10.0. The summed E-state index contributed by atoms with van der Waals surface area (Å²) in [5.74, 6) is 0.209. The number of hydrogen-bond donors (Lipinski definition) is 1. The second kappa shape index (κ2) is 8.48. The van der Waals surface area contributed by atoms with Gasteiger partial charge in [-0.3, -0.25) is 9.59 Å². The van der Waals surface area contributed by atoms with Crippen molar-refractivity contribution in [2.24, 2.45) is 0 Å². The van der Waals surface area contributed by atoms with E-state index < -0.39 is 0 Å². The molecule has 22 heavy (non-hydrogen) atoms. The van der Waals surface area contributed by atoms with Crippen LogP contribution in [0.1, 0.15) is 39.5 Å². The van der Waals surface area contributed by atoms with Crippen LogP contribution >= 0.6 is 0 Å². The van der Waals surface area contributed by atoms with Crippen molar-refractivity contribution in [3.05, 3.63) is 0 Å². The van der Waals surface area contributed by atoms with E-state index in [1.807, 2.05) is 16.7 Å². The first kappa shape index (κ1) is 17.2. The van der Waals surface area contributed by atoms with Crippen LogP contribution < -0.4 is 5.32 Å². The third-order valence-corrected chi connectivity index (χ3v) is 4.49. The number of nitrogens with one attached hydrogen (secondary N) is 1. The first-order chi connectivity index (χ1) is 10.6. The molecule has 2 heterocycles. The molecule has 1 N–H and O–H groups in total. The normalized spacial score (nSPS) is 24.5. The first-order valence-electron chi connectivity index (χ1n) is 8.54. The Labute approximate surface area is 133 Å². The Morgan fingerprint density at radius 1 is 1.45 bits per heavy atom. The lowest BCUT2D eigenvalue weighted by Crippen LogP contribution is -2.58. The van der Waals surface area contributed by atoms with Gasteiger partial charge in [0.15, 0.2) is 0 Å². The summed E-state index contributed by atoms with van der Waals surface area (Å²) < 4.78 is 5.62. The zero-order chi connectivity index (χ0) is 15.9. The number of carbonyl (C=O) groups excluding carboxylic acids is 2. The molecule has 0 radical (unpaired) electrons. The lowest BCUT2D eigenvalue weighted by Gasteiger charge is -2.41. The van der Waals surface area contributed by atoms with E-state index in [1.165, 1.54) is 0 Å². The predicted molar refractivity (Wildman–Crippen MR) is 84.5 cm³/mol. The molecule has 2 saturated heterocycles. The number of carbonyl (C=O) groups is 2. The second-order valence-electron chi connectivity index (χ2n) is 6.21. The Balaban J connectivity index is 1.86. The van der Waals surface area contributed by atoms with Crippen LogP contribution in [-0.2, 0) is 14.3 Å². The number of rotatable bonds is 6. The Hall–Kier alpha value is -1.14. The van der Waals surface area contributed by atoms with Gasteiger partial charge < -0.3 is 19.9 Å². The minimum absolute atomic E-state index is 0.0587. The van der Waals surface area contributed by atoms with Gasteiger partial charge in [-0.2, -0.15) is 0 Å². The first-order valence-corrected chi connectivity index (χ1v) is 8.54. The van der Waals surface area contributed by atoms with E-state index in [2.05, 4.69) is 12.2 Å². The molecule has 6 nitrogen and oxygen atoms in total. The maximum atomic E-state index is 12.5. The number of hydrogen-bond acceptors (Lipinski definition) is 4. The van der Waals surface area contributed by atoms with Crippen LogP contribution in [0.15, 0.2) is 0 Å². The van der Waals surface area contributed by atoms with E-state index >= 15 is 0 Å². The Morgan fingerprint density at radius 2 is 2.27 bits per heavy atom. The van der Waals surface area contributed by atoms with Crippen molar-refractivity contribution in [2.75, 3.05) is 39.3 Å². The molecular formula is C16H29N3O3. The SMILES string of the molecule is CCCCOC(C)C(=O)N1CCCC(N2CCNCC2=O)C1. The Kier molecular flexibility index (Phi) is 6.64. The van der Waals surface area contributed by atoms with Gasteiger partial charge >= 0.3 is 0 Å². The van der Waals surface area contributed by atoms with Crippen molar-refractivity contribution in [2.45, 2.75) is 51.7 Å². The molecule has 126 valence electrons. The highest BCUT2D eigenvalue weighted by molar-refractivity contribution is 5.81. The van der Waals surface area contributed by atoms with Crippen molar-refractivity contribution in [1.29, 1.82) is 0 Å². The van der Waals surface area contributed by atoms with Gasteiger partial charge in [-0.15, -0.1) is 0 Å². The number of nitrogens with zero attached hydrogens (tertiary/aromatic N) is 2. The topological polar surface area (TPSA) is 61.9 Å². The van der Waals surface area contributed by atoms with Crippen molar-refractivity contribution >= 4 is 11.8 Å². The summed E-state index contributed by atoms with van der Waals surface area (Å²) in [6.45, 7) is 8.00. The van der Waals surface area contributed by atoms with Gasteiger partial charge in [0.25, 0.3) is 5.91 Å². The van der Waals surface area contributed by atoms with Gasteiger partial charge in [-0.25, -0.2) is 0 Å². The molecule has 2 aliphatic heterocycles. The van der Waals surface area contributed by atoms with Crippen molar-refractivity contribution in [3.8, 4) is 0 Å². The van der Waals surface area contributed by atoms with Crippen molar-refractivity contribution < 1.29 is 14.3 Å². The van der Waals surface area contributed by atoms with E-state index in [-0.39, 0.29) is 24.0 Å². The van der Waals surface area contributed by atoms with E-state index in [1.54, 1.807) is 0 Å². The van der Waals surface area contributed by atoms with Crippen molar-refractivity contribution in [1.82, 2.24) is 15.1 Å². The van der Waals surface area contributed by atoms with Gasteiger partial charge in [0, 0.05) is 38.8 Å². The maximum absolute atomic E-state index is 12.5. The fourth-order valence-corrected chi connectivity index (χ4v) is 3.15. The van der Waals surface area contributed by atoms with Crippen LogP contribution in [-0.4, -0.2) is 73.1 Å². The minimum atomic E-state index is -0.385. The Morgan fingerprint density at radius 3 is 3.00 bits per heavy atom. The molecule has 2 amide bonds. The van der Waals surface area contributed by atoms with E-state index in [0.29, 0.717) is 19.7 Å². The highest BCUT2D eigenvalue weighted by Crippen LogP contribution is 2.18. The zero-order valence-electron chi connectivity index (χ0n) is 13.8. The molecule has 6 heteroatoms. The highest BCUT2D eigenvalue weighted by atomic mass is 16.5. The summed E-state index contributed by atoms with van der Waals surface area (Å²) >= 11 is 0. The Bertz CT molecular complexity index is 389. The highest BCUT2D eigenvalue weighted by Gasteiger charge is 2.32. The number of piperidine rings is 1. The second-order valence-corrected chi connectivity index (χ2v) is 6.21. The molecular weight excluding hydrogens is 282 g/mol. The van der Waals surface area contributed by atoms with Gasteiger partial charge in [-0.05, 0) is 26.2 Å². The summed E-state index contributed by atoms with van der Waals surface area (Å²) in [7, 11) is 0. The third-order valence-electron chi connectivity index (χ3n) is 4.49. The molecule has 0 saturated carbocycles. The fraction of sp³-hybridized carbons (Fsp3) is 0.875. The monoisotopic (exact) mass is 311 g/mol. The molecule has 2 unspecified atom stereocenters. The number of unbranched alkanes of at least 4 members (excludes halogenated alkanes) is 1. The molecule has 2 aliphatic rings. The van der Waals surface area contributed by atoms with Gasteiger partial charge in [0.1, 0.15) is 6.10 Å². The summed E-state index contributed by atoms with van der Waals surface area (Å²) in [5, 5.41) is 3.09. The zero-order valence-corrected chi connectivity index (χ0v) is 13.8. The molecule has 2 fully saturated rings. The number of piperazine rings is 1. The number of likely N-dealkylation sites (tertiary alicyclic amines) is 1. The quantitative estimate of drug-likeness (QED) is 0.730. The number of amides is 2. The van der Waals surface area contributed by atoms with Gasteiger partial charge in [0.05, 0.1) is 6.54 Å².